The van der Waals surface area contributed by atoms with Gasteiger partial charge in [0.05, 0.1) is 12.8 Å². The fourth-order valence-electron chi connectivity index (χ4n) is 3.58. The highest BCUT2D eigenvalue weighted by Crippen LogP contribution is 2.42. The van der Waals surface area contributed by atoms with Crippen molar-refractivity contribution in [2.75, 3.05) is 30.5 Å². The van der Waals surface area contributed by atoms with Crippen LogP contribution in [0.2, 0.25) is 0 Å². The van der Waals surface area contributed by atoms with Gasteiger partial charge in [-0.3, -0.25) is 4.79 Å². The summed E-state index contributed by atoms with van der Waals surface area (Å²) in [5.74, 6) is -0.477. The molecule has 0 atom stereocenters. The molecule has 6 nitrogen and oxygen atoms in total. The second-order valence-electron chi connectivity index (χ2n) is 7.00. The molecule has 0 saturated carbocycles. The maximum absolute atomic E-state index is 12.1. The van der Waals surface area contributed by atoms with Gasteiger partial charge in [-0.15, -0.1) is 11.3 Å². The number of aldehydes is 1. The Hall–Kier alpha value is -3.16. The van der Waals surface area contributed by atoms with E-state index in [0.717, 1.165) is 47.8 Å². The summed E-state index contributed by atoms with van der Waals surface area (Å²) in [6, 6.07) is 7.92. The van der Waals surface area contributed by atoms with Gasteiger partial charge in [-0.25, -0.2) is 9.79 Å². The molecule has 0 radical (unpaired) electrons. The number of nitrogens with zero attached hydrogens (tertiary/aromatic N) is 3. The van der Waals surface area contributed by atoms with E-state index in [1.807, 2.05) is 30.2 Å². The summed E-state index contributed by atoms with van der Waals surface area (Å²) in [5.41, 5.74) is 4.85. The van der Waals surface area contributed by atoms with E-state index >= 15 is 0 Å². The Balaban J connectivity index is 2.08. The molecule has 2 aromatic rings. The Labute approximate surface area is 196 Å². The van der Waals surface area contributed by atoms with Gasteiger partial charge in [0.15, 0.2) is 11.5 Å². The first-order valence-electron chi connectivity index (χ1n) is 9.94. The number of carbonyl (C=O) groups excluding carboxylic acids is 2. The van der Waals surface area contributed by atoms with Crippen molar-refractivity contribution in [2.24, 2.45) is 4.99 Å². The third-order valence-electron chi connectivity index (χ3n) is 5.13. The highest BCUT2D eigenvalue weighted by Gasteiger charge is 2.22. The number of hydrogen-bond acceptors (Lipinski definition) is 7. The fraction of sp³-hybridized carbons (Fsp3) is 0.208. The van der Waals surface area contributed by atoms with Crippen molar-refractivity contribution in [3.05, 3.63) is 71.8 Å². The maximum Gasteiger partial charge on any atom is 0.348 e. The van der Waals surface area contributed by atoms with Crippen molar-refractivity contribution in [1.82, 2.24) is 0 Å². The lowest BCUT2D eigenvalue weighted by atomic mass is 10.00. The molecule has 166 valence electrons. The largest absolute Gasteiger partial charge is 0.465 e. The van der Waals surface area contributed by atoms with Crippen LogP contribution in [0.5, 0.6) is 0 Å². The number of benzene rings is 1. The molecule has 2 heterocycles. The minimum absolute atomic E-state index is 0.195. The molecular weight excluding hydrogens is 446 g/mol. The number of aryl methyl sites for hydroxylation is 1. The number of hydrogen-bond donors (Lipinski definition) is 0. The van der Waals surface area contributed by atoms with E-state index in [-0.39, 0.29) is 5.17 Å². The third kappa shape index (κ3) is 4.84. The highest BCUT2D eigenvalue weighted by molar-refractivity contribution is 7.18. The molecule has 0 aliphatic carbocycles. The van der Waals surface area contributed by atoms with E-state index in [9.17, 15) is 9.59 Å². The Bertz CT molecular complexity index is 1120. The number of halogens is 1. The number of thiophene rings is 1. The van der Waals surface area contributed by atoms with Gasteiger partial charge in [-0.2, -0.15) is 0 Å². The first-order chi connectivity index (χ1) is 15.4. The number of methoxy groups -OCH3 is 1. The zero-order valence-electron chi connectivity index (χ0n) is 18.0. The number of aliphatic imine (C=N–C) groups is 1. The number of fused-ring (bicyclic) bond motifs is 1. The number of carbonyl (C=O) groups is 2. The van der Waals surface area contributed by atoms with Crippen LogP contribution in [-0.4, -0.2) is 38.1 Å². The van der Waals surface area contributed by atoms with Gasteiger partial charge in [0.2, 0.25) is 0 Å². The van der Waals surface area contributed by atoms with Crippen LogP contribution in [0.25, 0.3) is 0 Å². The topological polar surface area (TPSA) is 62.2 Å². The number of ether oxygens (including phenoxy) is 1. The monoisotopic (exact) mass is 469 g/mol. The van der Waals surface area contributed by atoms with Gasteiger partial charge >= 0.3 is 5.97 Å². The minimum Gasteiger partial charge on any atom is -0.465 e. The summed E-state index contributed by atoms with van der Waals surface area (Å²) in [7, 11) is 3.19. The van der Waals surface area contributed by atoms with E-state index in [0.29, 0.717) is 21.9 Å². The van der Waals surface area contributed by atoms with Crippen molar-refractivity contribution >= 4 is 62.4 Å². The van der Waals surface area contributed by atoms with Crippen molar-refractivity contribution in [3.63, 3.8) is 0 Å². The van der Waals surface area contributed by atoms with Crippen molar-refractivity contribution < 1.29 is 14.3 Å². The molecule has 1 aromatic carbocycles. The second kappa shape index (κ2) is 10.4. The van der Waals surface area contributed by atoms with Crippen LogP contribution in [0.4, 0.5) is 22.1 Å². The van der Waals surface area contributed by atoms with Crippen LogP contribution < -0.4 is 9.80 Å². The number of allylic oxidation sites excluding steroid dienone is 3. The summed E-state index contributed by atoms with van der Waals surface area (Å²) >= 11 is 6.98. The van der Waals surface area contributed by atoms with Crippen LogP contribution >= 0.6 is 22.9 Å². The molecule has 32 heavy (non-hydrogen) atoms. The summed E-state index contributed by atoms with van der Waals surface area (Å²) in [5, 5.41) is 0.248. The van der Waals surface area contributed by atoms with E-state index in [1.54, 1.807) is 12.1 Å². The lowest BCUT2D eigenvalue weighted by molar-refractivity contribution is -0.102. The number of rotatable bonds is 8. The summed E-state index contributed by atoms with van der Waals surface area (Å²) in [6.45, 7) is 8.62. The average Bonchev–Trinajstić information content (AvgIpc) is 3.24. The zero-order chi connectivity index (χ0) is 23.3. The summed E-state index contributed by atoms with van der Waals surface area (Å²) in [6.07, 6.45) is 8.01. The van der Waals surface area contributed by atoms with E-state index in [1.165, 1.54) is 12.7 Å². The normalized spacial score (nSPS) is 13.9. The second-order valence-corrected chi connectivity index (χ2v) is 8.42. The smallest absolute Gasteiger partial charge is 0.348 e. The Morgan fingerprint density at radius 1 is 1.34 bits per heavy atom. The van der Waals surface area contributed by atoms with Crippen LogP contribution in [0.3, 0.4) is 0 Å². The minimum atomic E-state index is -0.477. The molecule has 1 aliphatic heterocycles. The van der Waals surface area contributed by atoms with Crippen molar-refractivity contribution in [3.8, 4) is 0 Å². The van der Waals surface area contributed by atoms with Gasteiger partial charge < -0.3 is 14.5 Å². The van der Waals surface area contributed by atoms with Gasteiger partial charge in [0, 0.05) is 30.7 Å². The average molecular weight is 470 g/mol. The Morgan fingerprint density at radius 3 is 2.78 bits per heavy atom. The summed E-state index contributed by atoms with van der Waals surface area (Å²) < 4.78 is 4.84. The molecule has 3 rings (SSSR count). The molecule has 0 unspecified atom stereocenters. The Morgan fingerprint density at radius 2 is 2.12 bits per heavy atom. The lowest BCUT2D eigenvalue weighted by Gasteiger charge is -2.33. The molecule has 0 saturated heterocycles. The van der Waals surface area contributed by atoms with Gasteiger partial charge in [-0.05, 0) is 48.8 Å². The molecule has 8 heteroatoms. The third-order valence-corrected chi connectivity index (χ3v) is 6.30. The predicted octanol–water partition coefficient (Wildman–Crippen LogP) is 5.78. The molecule has 1 aromatic heterocycles. The lowest BCUT2D eigenvalue weighted by Crippen LogP contribution is -2.28. The fourth-order valence-corrected chi connectivity index (χ4v) is 4.71. The van der Waals surface area contributed by atoms with Gasteiger partial charge in [0.25, 0.3) is 0 Å². The standard InChI is InChI=1S/C24H24ClN3O3S/c1-5-8-17(6-2)28-12-7-9-16-10-11-18(13-19(16)28)27(3)20-14-21(24(30)31-4)32-23(20)26-22(25)15-29/h5-6,8,10-11,13-15H,1-2,7,9,12H2,3-4H3/b17-8+,26-22+. The quantitative estimate of drug-likeness (QED) is 0.212. The van der Waals surface area contributed by atoms with Crippen molar-refractivity contribution in [2.45, 2.75) is 12.8 Å². The highest BCUT2D eigenvalue weighted by atomic mass is 35.5. The Kier molecular flexibility index (Phi) is 7.66. The van der Waals surface area contributed by atoms with Crippen LogP contribution in [0.1, 0.15) is 21.7 Å². The molecule has 0 spiro atoms. The van der Waals surface area contributed by atoms with Crippen LogP contribution in [-0.2, 0) is 16.0 Å². The first kappa shape index (κ1) is 23.5. The molecule has 1 aliphatic rings. The molecule has 0 fully saturated rings. The van der Waals surface area contributed by atoms with E-state index in [4.69, 9.17) is 16.3 Å². The predicted molar refractivity (Wildman–Crippen MR) is 133 cm³/mol. The number of esters is 1. The van der Waals surface area contributed by atoms with Crippen LogP contribution in [0, 0.1) is 0 Å². The van der Waals surface area contributed by atoms with Crippen molar-refractivity contribution in [1.29, 1.82) is 0 Å². The molecular formula is C24H24ClN3O3S. The van der Waals surface area contributed by atoms with Crippen LogP contribution in [0.15, 0.2) is 66.3 Å². The SMILES string of the molecule is C=C/C=C(\C=C)N1CCCc2ccc(N(C)c3cc(C(=O)OC)sc3/N=C(/Cl)C=O)cc21. The molecule has 0 bridgehead atoms. The molecule has 0 amide bonds. The number of anilines is 3. The molecule has 0 N–H and O–H groups in total. The van der Waals surface area contributed by atoms with Gasteiger partial charge in [-0.1, -0.05) is 36.9 Å². The first-order valence-corrected chi connectivity index (χ1v) is 11.1. The maximum atomic E-state index is 12.1. The van der Waals surface area contributed by atoms with Gasteiger partial charge in [0.1, 0.15) is 9.88 Å². The van der Waals surface area contributed by atoms with E-state index in [2.05, 4.69) is 35.2 Å². The van der Waals surface area contributed by atoms with E-state index < -0.39 is 5.97 Å². The zero-order valence-corrected chi connectivity index (χ0v) is 19.6. The summed E-state index contributed by atoms with van der Waals surface area (Å²) in [4.78, 5) is 31.8.